The van der Waals surface area contributed by atoms with Crippen LogP contribution in [0, 0.1) is 5.41 Å². The van der Waals surface area contributed by atoms with Crippen LogP contribution < -0.4 is 0 Å². The molecule has 3 fully saturated rings. The number of carbonyl (C=O) groups is 1. The first-order valence-electron chi connectivity index (χ1n) is 13.5. The molecule has 3 aromatic carbocycles. The molecule has 0 bridgehead atoms. The van der Waals surface area contributed by atoms with Gasteiger partial charge in [0.05, 0.1) is 38.5 Å². The lowest BCUT2D eigenvalue weighted by Gasteiger charge is -2.40. The van der Waals surface area contributed by atoms with E-state index in [9.17, 15) is 4.79 Å². The minimum Gasteiger partial charge on any atom is -0.375 e. The molecule has 6 rings (SSSR count). The molecule has 0 N–H and O–H groups in total. The summed E-state index contributed by atoms with van der Waals surface area (Å²) in [5.74, 6) is 0.398. The van der Waals surface area contributed by atoms with Gasteiger partial charge in [-0.1, -0.05) is 91.0 Å². The Balaban J connectivity index is 1.26. The van der Waals surface area contributed by atoms with Crippen molar-refractivity contribution >= 4 is 5.78 Å². The van der Waals surface area contributed by atoms with Gasteiger partial charge in [-0.3, -0.25) is 9.69 Å². The maximum absolute atomic E-state index is 13.2. The first-order chi connectivity index (χ1) is 18.2. The number of Topliss-reactive ketones (excluding diaryl/α,β-unsaturated/α-hetero) is 1. The van der Waals surface area contributed by atoms with E-state index in [4.69, 9.17) is 14.2 Å². The van der Waals surface area contributed by atoms with E-state index in [0.717, 1.165) is 36.1 Å². The highest BCUT2D eigenvalue weighted by Gasteiger charge is 2.67. The Kier molecular flexibility index (Phi) is 7.21. The third-order valence-electron chi connectivity index (χ3n) is 8.28. The van der Waals surface area contributed by atoms with E-state index in [0.29, 0.717) is 38.6 Å². The molecule has 4 atom stereocenters. The molecule has 192 valence electrons. The maximum Gasteiger partial charge on any atom is 0.141 e. The average molecular weight is 498 g/mol. The van der Waals surface area contributed by atoms with Crippen molar-refractivity contribution in [2.45, 2.75) is 63.4 Å². The van der Waals surface area contributed by atoms with E-state index < -0.39 is 0 Å². The van der Waals surface area contributed by atoms with Crippen LogP contribution in [-0.2, 0) is 38.8 Å². The van der Waals surface area contributed by atoms with Crippen LogP contribution in [0.3, 0.4) is 0 Å². The molecule has 0 amide bonds. The zero-order valence-electron chi connectivity index (χ0n) is 21.2. The van der Waals surface area contributed by atoms with Crippen molar-refractivity contribution in [1.82, 2.24) is 4.90 Å². The molecule has 2 saturated heterocycles. The topological polar surface area (TPSA) is 48.0 Å². The van der Waals surface area contributed by atoms with E-state index >= 15 is 0 Å². The lowest BCUT2D eigenvalue weighted by Crippen LogP contribution is -2.54. The largest absolute Gasteiger partial charge is 0.375 e. The van der Waals surface area contributed by atoms with Crippen molar-refractivity contribution in [3.8, 4) is 0 Å². The van der Waals surface area contributed by atoms with Crippen LogP contribution in [-0.4, -0.2) is 48.1 Å². The van der Waals surface area contributed by atoms with Gasteiger partial charge in [0.1, 0.15) is 18.0 Å². The summed E-state index contributed by atoms with van der Waals surface area (Å²) in [6.07, 6.45) is 2.11. The summed E-state index contributed by atoms with van der Waals surface area (Å²) in [4.78, 5) is 15.7. The van der Waals surface area contributed by atoms with E-state index in [2.05, 4.69) is 41.3 Å². The number of hydrogen-bond acceptors (Lipinski definition) is 5. The van der Waals surface area contributed by atoms with Crippen molar-refractivity contribution in [2.24, 2.45) is 5.41 Å². The third-order valence-corrected chi connectivity index (χ3v) is 8.28. The van der Waals surface area contributed by atoms with Gasteiger partial charge in [-0.05, 0) is 29.5 Å². The second kappa shape index (κ2) is 10.9. The summed E-state index contributed by atoms with van der Waals surface area (Å²) in [6.45, 7) is 2.85. The molecule has 3 aliphatic rings. The summed E-state index contributed by atoms with van der Waals surface area (Å²) < 4.78 is 19.7. The fourth-order valence-electron chi connectivity index (χ4n) is 6.26. The number of hydrogen-bond donors (Lipinski definition) is 0. The summed E-state index contributed by atoms with van der Waals surface area (Å²) in [5.41, 5.74) is 3.13. The number of rotatable bonds is 10. The molecule has 2 heterocycles. The average Bonchev–Trinajstić information content (AvgIpc) is 3.68. The van der Waals surface area contributed by atoms with Crippen molar-refractivity contribution in [3.05, 3.63) is 108 Å². The second-order valence-corrected chi connectivity index (χ2v) is 10.6. The second-order valence-electron chi connectivity index (χ2n) is 10.6. The van der Waals surface area contributed by atoms with Crippen LogP contribution in [0.15, 0.2) is 91.0 Å². The van der Waals surface area contributed by atoms with Gasteiger partial charge >= 0.3 is 0 Å². The lowest BCUT2D eigenvalue weighted by atomic mass is 9.83. The van der Waals surface area contributed by atoms with Gasteiger partial charge in [-0.2, -0.15) is 0 Å². The highest BCUT2D eigenvalue weighted by atomic mass is 16.5. The van der Waals surface area contributed by atoms with Gasteiger partial charge in [0.2, 0.25) is 0 Å². The van der Waals surface area contributed by atoms with E-state index in [-0.39, 0.29) is 29.7 Å². The summed E-state index contributed by atoms with van der Waals surface area (Å²) >= 11 is 0. The fourth-order valence-corrected chi connectivity index (χ4v) is 6.26. The first-order valence-corrected chi connectivity index (χ1v) is 13.5. The van der Waals surface area contributed by atoms with Gasteiger partial charge in [0.25, 0.3) is 0 Å². The molecule has 1 spiro atoms. The molecule has 3 aromatic rings. The molecule has 2 aliphatic heterocycles. The van der Waals surface area contributed by atoms with Gasteiger partial charge in [0.15, 0.2) is 0 Å². The monoisotopic (exact) mass is 497 g/mol. The quantitative estimate of drug-likeness (QED) is 0.386. The smallest absolute Gasteiger partial charge is 0.141 e. The van der Waals surface area contributed by atoms with Crippen LogP contribution in [0.2, 0.25) is 0 Å². The molecule has 37 heavy (non-hydrogen) atoms. The lowest BCUT2D eigenvalue weighted by molar-refractivity contribution is -0.135. The predicted molar refractivity (Wildman–Crippen MR) is 142 cm³/mol. The normalized spacial score (nSPS) is 26.3. The summed E-state index contributed by atoms with van der Waals surface area (Å²) in [7, 11) is 0. The highest BCUT2D eigenvalue weighted by molar-refractivity contribution is 5.89. The van der Waals surface area contributed by atoms with E-state index in [1.807, 2.05) is 54.6 Å². The molecule has 0 aromatic heterocycles. The molecule has 1 saturated carbocycles. The van der Waals surface area contributed by atoms with E-state index in [1.54, 1.807) is 0 Å². The van der Waals surface area contributed by atoms with Crippen LogP contribution in [0.4, 0.5) is 0 Å². The minimum absolute atomic E-state index is 0.0311. The Labute approximate surface area is 219 Å². The molecule has 5 heteroatoms. The number of fused-ring (bicyclic) bond motifs is 2. The van der Waals surface area contributed by atoms with E-state index in [1.165, 1.54) is 0 Å². The Morgan fingerprint density at radius 3 is 1.76 bits per heavy atom. The highest BCUT2D eigenvalue weighted by Crippen LogP contribution is 2.58. The summed E-state index contributed by atoms with van der Waals surface area (Å²) in [5, 5.41) is 0. The SMILES string of the molecule is O=C1CCN2[C@H](COCc3ccccc3)[C@@H](OCc3ccccc3)[C@H](OCc3ccccc3)[C@H]2C12CC2. The zero-order chi connectivity index (χ0) is 25.1. The fraction of sp³-hybridized carbons (Fsp3) is 0.406. The standard InChI is InChI=1S/C32H35NO4/c34-28-16-19-33-27(23-35-20-24-10-4-1-5-11-24)29(36-21-25-12-6-2-7-13-25)30(31(33)32(28)17-18-32)37-22-26-14-8-3-9-15-26/h1-15,27,29-31H,16-23H2/t27-,29-,30+,31+/m1/s1. The Bertz CT molecular complexity index is 1170. The molecule has 0 radical (unpaired) electrons. The Hall–Kier alpha value is -2.83. The number of ketones is 1. The third kappa shape index (κ3) is 5.14. The van der Waals surface area contributed by atoms with Crippen LogP contribution in [0.5, 0.6) is 0 Å². The Morgan fingerprint density at radius 1 is 0.703 bits per heavy atom. The first kappa shape index (κ1) is 24.5. The van der Waals surface area contributed by atoms with Crippen molar-refractivity contribution < 1.29 is 19.0 Å². The number of piperidine rings is 1. The number of benzene rings is 3. The molecule has 1 aliphatic carbocycles. The number of ether oxygens (including phenoxy) is 3. The van der Waals surface area contributed by atoms with Crippen LogP contribution in [0.1, 0.15) is 36.0 Å². The van der Waals surface area contributed by atoms with Crippen molar-refractivity contribution in [2.75, 3.05) is 13.2 Å². The van der Waals surface area contributed by atoms with Crippen molar-refractivity contribution in [1.29, 1.82) is 0 Å². The number of nitrogens with zero attached hydrogens (tertiary/aromatic N) is 1. The zero-order valence-corrected chi connectivity index (χ0v) is 21.2. The molecule has 0 unspecified atom stereocenters. The van der Waals surface area contributed by atoms with Gasteiger partial charge < -0.3 is 14.2 Å². The van der Waals surface area contributed by atoms with Gasteiger partial charge in [-0.15, -0.1) is 0 Å². The van der Waals surface area contributed by atoms with Crippen LogP contribution in [0.25, 0.3) is 0 Å². The molecular formula is C32H35NO4. The van der Waals surface area contributed by atoms with Gasteiger partial charge in [0, 0.05) is 18.4 Å². The van der Waals surface area contributed by atoms with Crippen molar-refractivity contribution in [3.63, 3.8) is 0 Å². The van der Waals surface area contributed by atoms with Crippen LogP contribution >= 0.6 is 0 Å². The summed E-state index contributed by atoms with van der Waals surface area (Å²) in [6, 6.07) is 30.9. The molecular weight excluding hydrogens is 462 g/mol. The van der Waals surface area contributed by atoms with Gasteiger partial charge in [-0.25, -0.2) is 0 Å². The maximum atomic E-state index is 13.2. The predicted octanol–water partition coefficient (Wildman–Crippen LogP) is 5.18. The minimum atomic E-state index is -0.290. The number of carbonyl (C=O) groups excluding carboxylic acids is 1. The molecule has 5 nitrogen and oxygen atoms in total. The Morgan fingerprint density at radius 2 is 1.22 bits per heavy atom.